The third kappa shape index (κ3) is 1.29. The molecular formula is C10H12FN. The van der Waals surface area contributed by atoms with Crippen LogP contribution in [0.4, 0.5) is 10.1 Å². The maximum atomic E-state index is 12.3. The topological polar surface area (TPSA) is 12.0 Å². The van der Waals surface area contributed by atoms with E-state index in [1.165, 1.54) is 5.56 Å². The number of fused-ring (bicyclic) bond motifs is 1. The van der Waals surface area contributed by atoms with E-state index in [4.69, 9.17) is 0 Å². The fourth-order valence-corrected chi connectivity index (χ4v) is 1.62. The molecule has 1 aliphatic heterocycles. The molecule has 1 aromatic rings. The average Bonchev–Trinajstić information content (AvgIpc) is 2.17. The van der Waals surface area contributed by atoms with Crippen molar-refractivity contribution >= 4 is 5.69 Å². The third-order valence-electron chi connectivity index (χ3n) is 2.33. The highest BCUT2D eigenvalue weighted by Crippen LogP contribution is 2.23. The predicted molar refractivity (Wildman–Crippen MR) is 48.1 cm³/mol. The highest BCUT2D eigenvalue weighted by atomic mass is 19.1. The minimum Gasteiger partial charge on any atom is -0.379 e. The molecule has 1 aliphatic rings. The van der Waals surface area contributed by atoms with Gasteiger partial charge in [-0.25, -0.2) is 4.39 Å². The second-order valence-corrected chi connectivity index (χ2v) is 3.19. The highest BCUT2D eigenvalue weighted by molar-refractivity contribution is 5.53. The maximum absolute atomic E-state index is 12.3. The summed E-state index contributed by atoms with van der Waals surface area (Å²) in [7, 11) is 0. The van der Waals surface area contributed by atoms with Crippen LogP contribution in [0, 0.1) is 0 Å². The number of rotatable bonds is 1. The monoisotopic (exact) mass is 165 g/mol. The van der Waals surface area contributed by atoms with Crippen molar-refractivity contribution in [1.29, 1.82) is 0 Å². The Balaban J connectivity index is 2.23. The normalized spacial score (nSPS) is 21.2. The lowest BCUT2D eigenvalue weighted by Gasteiger charge is -2.24. The van der Waals surface area contributed by atoms with Crippen molar-refractivity contribution in [2.24, 2.45) is 0 Å². The van der Waals surface area contributed by atoms with E-state index in [-0.39, 0.29) is 12.7 Å². The average molecular weight is 165 g/mol. The molecular weight excluding hydrogens is 153 g/mol. The van der Waals surface area contributed by atoms with Crippen LogP contribution in [-0.2, 0) is 6.42 Å². The SMILES string of the molecule is FCC1CCc2ccccc2N1. The first-order valence-corrected chi connectivity index (χ1v) is 4.30. The van der Waals surface area contributed by atoms with Crippen molar-refractivity contribution in [2.45, 2.75) is 18.9 Å². The number of hydrogen-bond acceptors (Lipinski definition) is 1. The van der Waals surface area contributed by atoms with Crippen molar-refractivity contribution in [3.63, 3.8) is 0 Å². The number of benzene rings is 1. The summed E-state index contributed by atoms with van der Waals surface area (Å²) in [5.74, 6) is 0. The molecule has 12 heavy (non-hydrogen) atoms. The second kappa shape index (κ2) is 3.13. The molecule has 0 aliphatic carbocycles. The van der Waals surface area contributed by atoms with Gasteiger partial charge in [0.25, 0.3) is 0 Å². The molecule has 64 valence electrons. The van der Waals surface area contributed by atoms with Crippen molar-refractivity contribution in [3.8, 4) is 0 Å². The van der Waals surface area contributed by atoms with Crippen molar-refractivity contribution < 1.29 is 4.39 Å². The van der Waals surface area contributed by atoms with E-state index in [1.807, 2.05) is 18.2 Å². The minimum atomic E-state index is -0.270. The lowest BCUT2D eigenvalue weighted by atomic mass is 9.99. The molecule has 0 aromatic heterocycles. The van der Waals surface area contributed by atoms with Crippen LogP contribution in [-0.4, -0.2) is 12.7 Å². The van der Waals surface area contributed by atoms with Gasteiger partial charge in [0.15, 0.2) is 0 Å². The molecule has 1 nitrogen and oxygen atoms in total. The molecule has 1 unspecified atom stereocenters. The Morgan fingerprint density at radius 2 is 2.25 bits per heavy atom. The molecule has 1 N–H and O–H groups in total. The molecule has 0 saturated heterocycles. The number of aryl methyl sites for hydroxylation is 1. The molecule has 0 radical (unpaired) electrons. The van der Waals surface area contributed by atoms with Crippen LogP contribution in [0.3, 0.4) is 0 Å². The molecule has 0 amide bonds. The summed E-state index contributed by atoms with van der Waals surface area (Å²) in [5, 5.41) is 3.17. The molecule has 2 rings (SSSR count). The van der Waals surface area contributed by atoms with E-state index < -0.39 is 0 Å². The summed E-state index contributed by atoms with van der Waals surface area (Å²) >= 11 is 0. The van der Waals surface area contributed by atoms with Gasteiger partial charge in [-0.1, -0.05) is 18.2 Å². The third-order valence-corrected chi connectivity index (χ3v) is 2.33. The number of para-hydroxylation sites is 1. The van der Waals surface area contributed by atoms with Gasteiger partial charge in [0.2, 0.25) is 0 Å². The van der Waals surface area contributed by atoms with Crippen LogP contribution >= 0.6 is 0 Å². The van der Waals surface area contributed by atoms with Crippen LogP contribution in [0.5, 0.6) is 0 Å². The molecule has 2 heteroatoms. The molecule has 1 atom stereocenters. The summed E-state index contributed by atoms with van der Waals surface area (Å²) in [5.41, 5.74) is 2.41. The molecule has 0 fully saturated rings. The zero-order chi connectivity index (χ0) is 8.39. The molecule has 0 spiro atoms. The number of nitrogens with one attached hydrogen (secondary N) is 1. The molecule has 1 heterocycles. The summed E-state index contributed by atoms with van der Waals surface area (Å²) < 4.78 is 12.3. The van der Waals surface area contributed by atoms with Gasteiger partial charge >= 0.3 is 0 Å². The van der Waals surface area contributed by atoms with Gasteiger partial charge in [-0.2, -0.15) is 0 Å². The highest BCUT2D eigenvalue weighted by Gasteiger charge is 2.15. The fraction of sp³-hybridized carbons (Fsp3) is 0.400. The van der Waals surface area contributed by atoms with Crippen molar-refractivity contribution in [3.05, 3.63) is 29.8 Å². The quantitative estimate of drug-likeness (QED) is 0.673. The lowest BCUT2D eigenvalue weighted by Crippen LogP contribution is -2.26. The van der Waals surface area contributed by atoms with E-state index in [9.17, 15) is 4.39 Å². The predicted octanol–water partition coefficient (Wildman–Crippen LogP) is 2.38. The van der Waals surface area contributed by atoms with Crippen LogP contribution in [0.25, 0.3) is 0 Å². The lowest BCUT2D eigenvalue weighted by molar-refractivity contribution is 0.425. The number of hydrogen-bond donors (Lipinski definition) is 1. The van der Waals surface area contributed by atoms with Gasteiger partial charge in [0.1, 0.15) is 6.67 Å². The van der Waals surface area contributed by atoms with E-state index in [0.717, 1.165) is 18.5 Å². The van der Waals surface area contributed by atoms with Gasteiger partial charge < -0.3 is 5.32 Å². The van der Waals surface area contributed by atoms with Gasteiger partial charge in [0, 0.05) is 5.69 Å². The number of alkyl halides is 1. The first-order valence-electron chi connectivity index (χ1n) is 4.30. The van der Waals surface area contributed by atoms with Gasteiger partial charge in [0.05, 0.1) is 6.04 Å². The van der Waals surface area contributed by atoms with E-state index >= 15 is 0 Å². The van der Waals surface area contributed by atoms with Crippen LogP contribution < -0.4 is 5.32 Å². The number of halogens is 1. The molecule has 0 saturated carbocycles. The van der Waals surface area contributed by atoms with Crippen molar-refractivity contribution in [2.75, 3.05) is 12.0 Å². The fourth-order valence-electron chi connectivity index (χ4n) is 1.62. The minimum absolute atomic E-state index is 0.0277. The Hall–Kier alpha value is -1.05. The van der Waals surface area contributed by atoms with Crippen molar-refractivity contribution in [1.82, 2.24) is 0 Å². The number of anilines is 1. The van der Waals surface area contributed by atoms with Gasteiger partial charge in [-0.05, 0) is 24.5 Å². The summed E-state index contributed by atoms with van der Waals surface area (Å²) in [6.07, 6.45) is 1.91. The Bertz CT molecular complexity index is 272. The first kappa shape index (κ1) is 7.59. The van der Waals surface area contributed by atoms with E-state index in [0.29, 0.717) is 0 Å². The van der Waals surface area contributed by atoms with Gasteiger partial charge in [-0.3, -0.25) is 0 Å². The van der Waals surface area contributed by atoms with E-state index in [1.54, 1.807) is 0 Å². The van der Waals surface area contributed by atoms with Crippen LogP contribution in [0.1, 0.15) is 12.0 Å². The Labute approximate surface area is 71.6 Å². The first-order chi connectivity index (χ1) is 5.90. The standard InChI is InChI=1S/C10H12FN/c11-7-9-6-5-8-3-1-2-4-10(8)12-9/h1-4,9,12H,5-7H2. The smallest absolute Gasteiger partial charge is 0.109 e. The largest absolute Gasteiger partial charge is 0.379 e. The van der Waals surface area contributed by atoms with Crippen LogP contribution in [0.2, 0.25) is 0 Å². The zero-order valence-electron chi connectivity index (χ0n) is 6.89. The molecule has 0 bridgehead atoms. The zero-order valence-corrected chi connectivity index (χ0v) is 6.89. The summed E-state index contributed by atoms with van der Waals surface area (Å²) in [6.45, 7) is -0.270. The molecule has 1 aromatic carbocycles. The Kier molecular flexibility index (Phi) is 1.98. The maximum Gasteiger partial charge on any atom is 0.109 e. The summed E-state index contributed by atoms with van der Waals surface area (Å²) in [4.78, 5) is 0. The van der Waals surface area contributed by atoms with E-state index in [2.05, 4.69) is 11.4 Å². The summed E-state index contributed by atoms with van der Waals surface area (Å²) in [6, 6.07) is 8.14. The second-order valence-electron chi connectivity index (χ2n) is 3.19. The van der Waals surface area contributed by atoms with Gasteiger partial charge in [-0.15, -0.1) is 0 Å². The Morgan fingerprint density at radius 1 is 1.42 bits per heavy atom. The van der Waals surface area contributed by atoms with Crippen LogP contribution in [0.15, 0.2) is 24.3 Å². The Morgan fingerprint density at radius 3 is 3.08 bits per heavy atom.